The molecule has 0 atom stereocenters. The molecular formula is C22H33N5O2. The van der Waals surface area contributed by atoms with Crippen molar-refractivity contribution in [2.75, 3.05) is 39.3 Å². The molecule has 7 nitrogen and oxygen atoms in total. The third-order valence-electron chi connectivity index (χ3n) is 5.52. The van der Waals surface area contributed by atoms with E-state index >= 15 is 0 Å². The Morgan fingerprint density at radius 3 is 2.38 bits per heavy atom. The molecule has 2 rings (SSSR count). The van der Waals surface area contributed by atoms with E-state index in [4.69, 9.17) is 5.26 Å². The molecule has 1 saturated heterocycles. The SMILES string of the molecule is CCN(CC)CCCNC(=O)C1CCN(C(=O)NCc2ccc(C#N)cc2)CC1. The molecule has 1 aliphatic heterocycles. The number of piperidine rings is 1. The lowest BCUT2D eigenvalue weighted by Crippen LogP contribution is -2.46. The van der Waals surface area contributed by atoms with Crippen molar-refractivity contribution in [2.45, 2.75) is 39.7 Å². The van der Waals surface area contributed by atoms with Gasteiger partial charge < -0.3 is 20.4 Å². The van der Waals surface area contributed by atoms with Crippen molar-refractivity contribution in [3.8, 4) is 6.07 Å². The third-order valence-corrected chi connectivity index (χ3v) is 5.52. The zero-order valence-corrected chi connectivity index (χ0v) is 17.6. The number of urea groups is 1. The summed E-state index contributed by atoms with van der Waals surface area (Å²) in [6.45, 7) is 9.70. The highest BCUT2D eigenvalue weighted by molar-refractivity contribution is 5.79. The van der Waals surface area contributed by atoms with E-state index in [0.29, 0.717) is 44.6 Å². The molecule has 0 radical (unpaired) electrons. The maximum Gasteiger partial charge on any atom is 0.317 e. The van der Waals surface area contributed by atoms with E-state index in [1.165, 1.54) is 0 Å². The Labute approximate surface area is 174 Å². The van der Waals surface area contributed by atoms with Crippen molar-refractivity contribution in [1.82, 2.24) is 20.4 Å². The maximum absolute atomic E-state index is 12.4. The highest BCUT2D eigenvalue weighted by atomic mass is 16.2. The third kappa shape index (κ3) is 7.39. The summed E-state index contributed by atoms with van der Waals surface area (Å²) in [6.07, 6.45) is 2.36. The second-order valence-electron chi connectivity index (χ2n) is 7.40. The summed E-state index contributed by atoms with van der Waals surface area (Å²) in [5.74, 6) is 0.105. The fourth-order valence-electron chi connectivity index (χ4n) is 3.53. The van der Waals surface area contributed by atoms with Crippen LogP contribution in [0.15, 0.2) is 24.3 Å². The topological polar surface area (TPSA) is 88.5 Å². The van der Waals surface area contributed by atoms with Gasteiger partial charge in [-0.25, -0.2) is 4.79 Å². The highest BCUT2D eigenvalue weighted by Crippen LogP contribution is 2.17. The quantitative estimate of drug-likeness (QED) is 0.624. The monoisotopic (exact) mass is 399 g/mol. The summed E-state index contributed by atoms with van der Waals surface area (Å²) < 4.78 is 0. The molecule has 1 aliphatic rings. The van der Waals surface area contributed by atoms with Crippen LogP contribution in [0.25, 0.3) is 0 Å². The van der Waals surface area contributed by atoms with Gasteiger partial charge in [0.2, 0.25) is 5.91 Å². The zero-order chi connectivity index (χ0) is 21.1. The van der Waals surface area contributed by atoms with E-state index in [1.54, 1.807) is 17.0 Å². The zero-order valence-electron chi connectivity index (χ0n) is 17.6. The predicted molar refractivity (Wildman–Crippen MR) is 113 cm³/mol. The van der Waals surface area contributed by atoms with E-state index in [2.05, 4.69) is 35.5 Å². The normalized spacial score (nSPS) is 14.5. The minimum atomic E-state index is -0.104. The Bertz CT molecular complexity index is 686. The van der Waals surface area contributed by atoms with Crippen molar-refractivity contribution in [2.24, 2.45) is 5.92 Å². The lowest BCUT2D eigenvalue weighted by atomic mass is 9.96. The Morgan fingerprint density at radius 2 is 1.79 bits per heavy atom. The molecule has 1 aromatic rings. The van der Waals surface area contributed by atoms with Crippen molar-refractivity contribution >= 4 is 11.9 Å². The van der Waals surface area contributed by atoms with E-state index in [-0.39, 0.29) is 17.9 Å². The number of carbonyl (C=O) groups is 2. The van der Waals surface area contributed by atoms with Crippen LogP contribution >= 0.6 is 0 Å². The molecule has 158 valence electrons. The molecule has 0 aromatic heterocycles. The van der Waals surface area contributed by atoms with Gasteiger partial charge in [-0.2, -0.15) is 5.26 Å². The van der Waals surface area contributed by atoms with Gasteiger partial charge in [0, 0.05) is 32.1 Å². The smallest absolute Gasteiger partial charge is 0.317 e. The molecule has 0 aliphatic carbocycles. The number of carbonyl (C=O) groups excluding carboxylic acids is 2. The van der Waals surface area contributed by atoms with Crippen LogP contribution in [0.2, 0.25) is 0 Å². The largest absolute Gasteiger partial charge is 0.356 e. The van der Waals surface area contributed by atoms with Gasteiger partial charge in [-0.3, -0.25) is 4.79 Å². The average molecular weight is 400 g/mol. The van der Waals surface area contributed by atoms with Crippen LogP contribution in [0.4, 0.5) is 4.79 Å². The minimum absolute atomic E-state index is 0.00831. The molecule has 0 unspecified atom stereocenters. The number of amides is 3. The van der Waals surface area contributed by atoms with E-state index < -0.39 is 0 Å². The molecular weight excluding hydrogens is 366 g/mol. The molecule has 29 heavy (non-hydrogen) atoms. The first-order valence-electron chi connectivity index (χ1n) is 10.6. The second-order valence-corrected chi connectivity index (χ2v) is 7.40. The number of hydrogen-bond donors (Lipinski definition) is 2. The maximum atomic E-state index is 12.4. The Morgan fingerprint density at radius 1 is 1.14 bits per heavy atom. The lowest BCUT2D eigenvalue weighted by Gasteiger charge is -2.31. The number of rotatable bonds is 9. The molecule has 1 aromatic carbocycles. The van der Waals surface area contributed by atoms with Crippen molar-refractivity contribution in [1.29, 1.82) is 5.26 Å². The van der Waals surface area contributed by atoms with Gasteiger partial charge in [0.25, 0.3) is 0 Å². The minimum Gasteiger partial charge on any atom is -0.356 e. The fraction of sp³-hybridized carbons (Fsp3) is 0.591. The summed E-state index contributed by atoms with van der Waals surface area (Å²) in [6, 6.07) is 9.15. The highest BCUT2D eigenvalue weighted by Gasteiger charge is 2.27. The van der Waals surface area contributed by atoms with Crippen molar-refractivity contribution in [3.05, 3.63) is 35.4 Å². The molecule has 3 amide bonds. The molecule has 0 bridgehead atoms. The van der Waals surface area contributed by atoms with E-state index in [9.17, 15) is 9.59 Å². The van der Waals surface area contributed by atoms with Crippen LogP contribution in [0.5, 0.6) is 0 Å². The van der Waals surface area contributed by atoms with Gasteiger partial charge in [0.05, 0.1) is 11.6 Å². The average Bonchev–Trinajstić information content (AvgIpc) is 2.77. The first kappa shape index (κ1) is 22.7. The Balaban J connectivity index is 1.65. The van der Waals surface area contributed by atoms with Crippen LogP contribution < -0.4 is 10.6 Å². The lowest BCUT2D eigenvalue weighted by molar-refractivity contribution is -0.126. The first-order valence-corrected chi connectivity index (χ1v) is 10.6. The molecule has 0 saturated carbocycles. The van der Waals surface area contributed by atoms with Gasteiger partial charge in [0.1, 0.15) is 0 Å². The Hall–Kier alpha value is -2.59. The number of nitrogens with one attached hydrogen (secondary N) is 2. The van der Waals surface area contributed by atoms with Crippen LogP contribution in [-0.2, 0) is 11.3 Å². The van der Waals surface area contributed by atoms with E-state index in [0.717, 1.165) is 31.6 Å². The van der Waals surface area contributed by atoms with Gasteiger partial charge in [-0.1, -0.05) is 26.0 Å². The number of benzene rings is 1. The van der Waals surface area contributed by atoms with Crippen LogP contribution in [0, 0.1) is 17.2 Å². The van der Waals surface area contributed by atoms with Crippen molar-refractivity contribution < 1.29 is 9.59 Å². The van der Waals surface area contributed by atoms with Gasteiger partial charge in [-0.15, -0.1) is 0 Å². The van der Waals surface area contributed by atoms with Gasteiger partial charge in [0.15, 0.2) is 0 Å². The predicted octanol–water partition coefficient (Wildman–Crippen LogP) is 2.33. The van der Waals surface area contributed by atoms with Crippen LogP contribution in [0.3, 0.4) is 0 Å². The molecule has 0 spiro atoms. The summed E-state index contributed by atoms with van der Waals surface area (Å²) in [5.41, 5.74) is 1.56. The van der Waals surface area contributed by atoms with Crippen LogP contribution in [-0.4, -0.2) is 61.0 Å². The van der Waals surface area contributed by atoms with Crippen molar-refractivity contribution in [3.63, 3.8) is 0 Å². The molecule has 1 fully saturated rings. The summed E-state index contributed by atoms with van der Waals surface area (Å²) >= 11 is 0. The summed E-state index contributed by atoms with van der Waals surface area (Å²) in [4.78, 5) is 28.8. The number of hydrogen-bond acceptors (Lipinski definition) is 4. The van der Waals surface area contributed by atoms with Crippen LogP contribution in [0.1, 0.15) is 44.2 Å². The number of likely N-dealkylation sites (tertiary alicyclic amines) is 1. The van der Waals surface area contributed by atoms with Gasteiger partial charge >= 0.3 is 6.03 Å². The number of nitriles is 1. The summed E-state index contributed by atoms with van der Waals surface area (Å²) in [7, 11) is 0. The second kappa shape index (κ2) is 12.1. The molecule has 7 heteroatoms. The first-order chi connectivity index (χ1) is 14.1. The Kier molecular flexibility index (Phi) is 9.45. The number of nitrogens with zero attached hydrogens (tertiary/aromatic N) is 3. The standard InChI is InChI=1S/C22H33N5O2/c1-3-26(4-2)13-5-12-24-21(28)20-10-14-27(15-11-20)22(29)25-17-19-8-6-18(16-23)7-9-19/h6-9,20H,3-5,10-15,17H2,1-2H3,(H,24,28)(H,25,29). The fourth-order valence-corrected chi connectivity index (χ4v) is 3.53. The van der Waals surface area contributed by atoms with E-state index in [1.807, 2.05) is 12.1 Å². The van der Waals surface area contributed by atoms with Gasteiger partial charge in [-0.05, 0) is 56.6 Å². The molecule has 2 N–H and O–H groups in total. The summed E-state index contributed by atoms with van der Waals surface area (Å²) in [5, 5.41) is 14.8. The molecule has 1 heterocycles.